The molecular formula is C19H27N5O. The van der Waals surface area contributed by atoms with Crippen LogP contribution in [0.4, 0.5) is 5.82 Å². The van der Waals surface area contributed by atoms with Crippen LogP contribution in [-0.2, 0) is 6.42 Å². The van der Waals surface area contributed by atoms with E-state index < -0.39 is 0 Å². The quantitative estimate of drug-likeness (QED) is 0.845. The number of nitrogens with zero attached hydrogens (tertiary/aromatic N) is 3. The first kappa shape index (κ1) is 17.6. The van der Waals surface area contributed by atoms with E-state index in [-0.39, 0.29) is 5.56 Å². The molecule has 2 N–H and O–H groups in total. The van der Waals surface area contributed by atoms with Gasteiger partial charge in [-0.1, -0.05) is 20.3 Å². The molecule has 1 atom stereocenters. The molecule has 6 nitrogen and oxygen atoms in total. The number of pyridine rings is 1. The lowest BCUT2D eigenvalue weighted by Gasteiger charge is -2.35. The molecule has 0 spiro atoms. The molecule has 0 saturated carbocycles. The molecule has 134 valence electrons. The van der Waals surface area contributed by atoms with Crippen LogP contribution in [0.5, 0.6) is 0 Å². The van der Waals surface area contributed by atoms with Gasteiger partial charge in [0.2, 0.25) is 0 Å². The molecule has 0 aromatic carbocycles. The maximum atomic E-state index is 11.7. The summed E-state index contributed by atoms with van der Waals surface area (Å²) in [6, 6.07) is 6.02. The minimum Gasteiger partial charge on any atom is -0.369 e. The van der Waals surface area contributed by atoms with Crippen LogP contribution in [-0.4, -0.2) is 45.5 Å². The van der Waals surface area contributed by atoms with Gasteiger partial charge in [0.1, 0.15) is 11.6 Å². The van der Waals surface area contributed by atoms with E-state index >= 15 is 0 Å². The summed E-state index contributed by atoms with van der Waals surface area (Å²) in [5.74, 6) is 1.44. The van der Waals surface area contributed by atoms with Crippen LogP contribution in [0.3, 0.4) is 0 Å². The van der Waals surface area contributed by atoms with Crippen LogP contribution < -0.4 is 10.9 Å². The zero-order chi connectivity index (χ0) is 17.6. The minimum atomic E-state index is -0.124. The SMILES string of the molecule is CCc1cc(=O)[nH]c(-c2ccc(NC[C@@H]3CCCCN3CC)nc2)n1. The van der Waals surface area contributed by atoms with Crippen LogP contribution >= 0.6 is 0 Å². The summed E-state index contributed by atoms with van der Waals surface area (Å²) >= 11 is 0. The van der Waals surface area contributed by atoms with E-state index in [0.29, 0.717) is 11.9 Å². The fourth-order valence-corrected chi connectivity index (χ4v) is 3.39. The molecule has 0 aliphatic carbocycles. The number of hydrogen-bond acceptors (Lipinski definition) is 5. The Kier molecular flexibility index (Phi) is 5.81. The summed E-state index contributed by atoms with van der Waals surface area (Å²) < 4.78 is 0. The number of aromatic amines is 1. The second-order valence-corrected chi connectivity index (χ2v) is 6.53. The first-order valence-electron chi connectivity index (χ1n) is 9.24. The molecule has 1 aliphatic heterocycles. The van der Waals surface area contributed by atoms with Gasteiger partial charge in [-0.3, -0.25) is 9.69 Å². The van der Waals surface area contributed by atoms with Gasteiger partial charge in [0, 0.05) is 36.1 Å². The zero-order valence-electron chi connectivity index (χ0n) is 15.1. The van der Waals surface area contributed by atoms with Crippen LogP contribution in [0, 0.1) is 0 Å². The van der Waals surface area contributed by atoms with Crippen molar-refractivity contribution in [2.24, 2.45) is 0 Å². The number of aryl methyl sites for hydroxylation is 1. The molecule has 0 amide bonds. The Morgan fingerprint density at radius 3 is 2.92 bits per heavy atom. The van der Waals surface area contributed by atoms with Crippen molar-refractivity contribution in [2.45, 2.75) is 45.6 Å². The van der Waals surface area contributed by atoms with E-state index in [2.05, 4.69) is 32.1 Å². The first-order chi connectivity index (χ1) is 12.2. The Labute approximate surface area is 148 Å². The number of piperidine rings is 1. The van der Waals surface area contributed by atoms with E-state index in [4.69, 9.17) is 0 Å². The molecule has 0 bridgehead atoms. The van der Waals surface area contributed by atoms with Gasteiger partial charge < -0.3 is 10.3 Å². The fourth-order valence-electron chi connectivity index (χ4n) is 3.39. The number of aromatic nitrogens is 3. The van der Waals surface area contributed by atoms with Gasteiger partial charge >= 0.3 is 0 Å². The summed E-state index contributed by atoms with van der Waals surface area (Å²) in [4.78, 5) is 26.0. The predicted molar refractivity (Wildman–Crippen MR) is 101 cm³/mol. The molecule has 1 fully saturated rings. The second kappa shape index (κ2) is 8.25. The van der Waals surface area contributed by atoms with E-state index in [1.165, 1.54) is 31.9 Å². The van der Waals surface area contributed by atoms with Gasteiger partial charge in [-0.05, 0) is 44.5 Å². The highest BCUT2D eigenvalue weighted by Gasteiger charge is 2.20. The summed E-state index contributed by atoms with van der Waals surface area (Å²) in [6.07, 6.45) is 6.35. The molecule has 2 aromatic heterocycles. The largest absolute Gasteiger partial charge is 0.369 e. The minimum absolute atomic E-state index is 0.124. The molecule has 3 rings (SSSR count). The highest BCUT2D eigenvalue weighted by atomic mass is 16.1. The molecule has 1 saturated heterocycles. The lowest BCUT2D eigenvalue weighted by atomic mass is 10.0. The Bertz CT molecular complexity index is 740. The number of likely N-dealkylation sites (N-methyl/N-ethyl adjacent to an activating group) is 1. The molecule has 6 heteroatoms. The van der Waals surface area contributed by atoms with Crippen LogP contribution in [0.15, 0.2) is 29.2 Å². The maximum absolute atomic E-state index is 11.7. The van der Waals surface area contributed by atoms with E-state index in [1.54, 1.807) is 6.20 Å². The molecule has 0 unspecified atom stereocenters. The van der Waals surface area contributed by atoms with Gasteiger partial charge in [0.15, 0.2) is 0 Å². The lowest BCUT2D eigenvalue weighted by molar-refractivity contribution is 0.164. The van der Waals surface area contributed by atoms with Crippen molar-refractivity contribution in [3.8, 4) is 11.4 Å². The van der Waals surface area contributed by atoms with Gasteiger partial charge in [0.25, 0.3) is 5.56 Å². The summed E-state index contributed by atoms with van der Waals surface area (Å²) in [5, 5.41) is 3.45. The first-order valence-corrected chi connectivity index (χ1v) is 9.24. The monoisotopic (exact) mass is 341 g/mol. The average molecular weight is 341 g/mol. The highest BCUT2D eigenvalue weighted by molar-refractivity contribution is 5.55. The number of rotatable bonds is 6. The normalized spacial score (nSPS) is 18.2. The third-order valence-corrected chi connectivity index (χ3v) is 4.87. The molecule has 1 aliphatic rings. The maximum Gasteiger partial charge on any atom is 0.251 e. The number of anilines is 1. The van der Waals surface area contributed by atoms with Crippen LogP contribution in [0.1, 0.15) is 38.8 Å². The van der Waals surface area contributed by atoms with E-state index in [1.807, 2.05) is 19.1 Å². The highest BCUT2D eigenvalue weighted by Crippen LogP contribution is 2.18. The van der Waals surface area contributed by atoms with Crippen molar-refractivity contribution in [1.29, 1.82) is 0 Å². The molecule has 0 radical (unpaired) electrons. The van der Waals surface area contributed by atoms with Crippen LogP contribution in [0.25, 0.3) is 11.4 Å². The Morgan fingerprint density at radius 1 is 1.32 bits per heavy atom. The van der Waals surface area contributed by atoms with Gasteiger partial charge in [-0.25, -0.2) is 9.97 Å². The smallest absolute Gasteiger partial charge is 0.251 e. The summed E-state index contributed by atoms with van der Waals surface area (Å²) in [7, 11) is 0. The van der Waals surface area contributed by atoms with Crippen molar-refractivity contribution in [3.05, 3.63) is 40.4 Å². The number of hydrogen-bond donors (Lipinski definition) is 2. The van der Waals surface area contributed by atoms with Gasteiger partial charge in [-0.2, -0.15) is 0 Å². The third kappa shape index (κ3) is 4.45. The second-order valence-electron chi connectivity index (χ2n) is 6.53. The lowest BCUT2D eigenvalue weighted by Crippen LogP contribution is -2.43. The third-order valence-electron chi connectivity index (χ3n) is 4.87. The molecular weight excluding hydrogens is 314 g/mol. The van der Waals surface area contributed by atoms with Crippen molar-refractivity contribution in [1.82, 2.24) is 19.9 Å². The van der Waals surface area contributed by atoms with Crippen molar-refractivity contribution in [2.75, 3.05) is 25.0 Å². The summed E-state index contributed by atoms with van der Waals surface area (Å²) in [5.41, 5.74) is 1.49. The standard InChI is InChI=1S/C19H27N5O/c1-3-15-11-18(25)23-19(22-15)14-8-9-17(20-12-14)21-13-16-7-5-6-10-24(16)4-2/h8-9,11-12,16H,3-7,10,13H2,1-2H3,(H,20,21)(H,22,23,25)/t16-/m0/s1. The fraction of sp³-hybridized carbons (Fsp3) is 0.526. The Hall–Kier alpha value is -2.21. The number of nitrogens with one attached hydrogen (secondary N) is 2. The van der Waals surface area contributed by atoms with Crippen molar-refractivity contribution < 1.29 is 0 Å². The molecule has 2 aromatic rings. The van der Waals surface area contributed by atoms with Crippen molar-refractivity contribution in [3.63, 3.8) is 0 Å². The van der Waals surface area contributed by atoms with Crippen molar-refractivity contribution >= 4 is 5.82 Å². The van der Waals surface area contributed by atoms with Gasteiger partial charge in [0.05, 0.1) is 0 Å². The van der Waals surface area contributed by atoms with E-state index in [9.17, 15) is 4.79 Å². The number of likely N-dealkylation sites (tertiary alicyclic amines) is 1. The van der Waals surface area contributed by atoms with Gasteiger partial charge in [-0.15, -0.1) is 0 Å². The Morgan fingerprint density at radius 2 is 2.20 bits per heavy atom. The van der Waals surface area contributed by atoms with E-state index in [0.717, 1.165) is 36.6 Å². The predicted octanol–water partition coefficient (Wildman–Crippen LogP) is 2.68. The topological polar surface area (TPSA) is 73.9 Å². The number of H-pyrrole nitrogens is 1. The average Bonchev–Trinajstić information content (AvgIpc) is 2.66. The van der Waals surface area contributed by atoms with Crippen LogP contribution in [0.2, 0.25) is 0 Å². The molecule has 25 heavy (non-hydrogen) atoms. The molecule has 3 heterocycles. The summed E-state index contributed by atoms with van der Waals surface area (Å²) in [6.45, 7) is 7.43. The Balaban J connectivity index is 1.66. The zero-order valence-corrected chi connectivity index (χ0v) is 15.1.